The number of nitrogens with one attached hydrogen (secondary N) is 1. The van der Waals surface area contributed by atoms with Crippen LogP contribution in [0.5, 0.6) is 11.5 Å². The van der Waals surface area contributed by atoms with E-state index in [1.54, 1.807) is 20.3 Å². The van der Waals surface area contributed by atoms with Gasteiger partial charge in [-0.05, 0) is 29.4 Å². The quantitative estimate of drug-likeness (QED) is 0.388. The van der Waals surface area contributed by atoms with Crippen LogP contribution in [0.1, 0.15) is 31.9 Å². The van der Waals surface area contributed by atoms with E-state index in [2.05, 4.69) is 54.3 Å². The third kappa shape index (κ3) is 4.92. The van der Waals surface area contributed by atoms with Crippen LogP contribution in [0.2, 0.25) is 0 Å². The highest BCUT2D eigenvalue weighted by molar-refractivity contribution is 7.98. The first-order valence-corrected chi connectivity index (χ1v) is 11.0. The molecule has 0 bridgehead atoms. The third-order valence-corrected chi connectivity index (χ3v) is 5.42. The molecule has 1 N–H and O–H groups in total. The Labute approximate surface area is 187 Å². The Morgan fingerprint density at radius 2 is 1.71 bits per heavy atom. The van der Waals surface area contributed by atoms with Crippen molar-refractivity contribution in [2.75, 3.05) is 25.8 Å². The molecular formula is C24H26N4O2S. The van der Waals surface area contributed by atoms with E-state index in [9.17, 15) is 5.26 Å². The van der Waals surface area contributed by atoms with Crippen LogP contribution in [0.3, 0.4) is 0 Å². The summed E-state index contributed by atoms with van der Waals surface area (Å²) in [5.74, 6) is 1.69. The molecule has 3 aromatic rings. The van der Waals surface area contributed by atoms with Gasteiger partial charge in [0, 0.05) is 11.6 Å². The molecule has 0 aliphatic carbocycles. The Bertz CT molecular complexity index is 1120. The van der Waals surface area contributed by atoms with E-state index in [0.29, 0.717) is 39.4 Å². The predicted molar refractivity (Wildman–Crippen MR) is 125 cm³/mol. The van der Waals surface area contributed by atoms with E-state index in [-0.39, 0.29) is 5.41 Å². The number of aromatic nitrogens is 2. The smallest absolute Gasteiger partial charge is 0.189 e. The Morgan fingerprint density at radius 1 is 1.00 bits per heavy atom. The topological polar surface area (TPSA) is 80.1 Å². The molecule has 7 heteroatoms. The summed E-state index contributed by atoms with van der Waals surface area (Å²) in [4.78, 5) is 9.18. The summed E-state index contributed by atoms with van der Waals surface area (Å²) in [6, 6.07) is 15.9. The lowest BCUT2D eigenvalue weighted by atomic mass is 9.86. The van der Waals surface area contributed by atoms with Gasteiger partial charge in [-0.3, -0.25) is 0 Å². The minimum Gasteiger partial charge on any atom is -0.497 e. The van der Waals surface area contributed by atoms with Gasteiger partial charge in [0.05, 0.1) is 25.6 Å². The molecule has 0 fully saturated rings. The first kappa shape index (κ1) is 22.4. The fourth-order valence-electron chi connectivity index (χ4n) is 3.09. The highest BCUT2D eigenvalue weighted by Gasteiger charge is 2.19. The largest absolute Gasteiger partial charge is 0.497 e. The van der Waals surface area contributed by atoms with Gasteiger partial charge in [-0.25, -0.2) is 9.97 Å². The predicted octanol–water partition coefficient (Wildman–Crippen LogP) is 5.80. The van der Waals surface area contributed by atoms with E-state index in [0.717, 1.165) is 5.56 Å². The molecular weight excluding hydrogens is 408 g/mol. The minimum absolute atomic E-state index is 0.0460. The van der Waals surface area contributed by atoms with Crippen LogP contribution < -0.4 is 14.8 Å². The molecule has 0 aliphatic heterocycles. The monoisotopic (exact) mass is 434 g/mol. The second-order valence-electron chi connectivity index (χ2n) is 7.91. The van der Waals surface area contributed by atoms with Crippen LogP contribution >= 0.6 is 11.8 Å². The molecule has 3 rings (SSSR count). The molecule has 6 nitrogen and oxygen atoms in total. The van der Waals surface area contributed by atoms with Gasteiger partial charge in [0.25, 0.3) is 0 Å². The molecule has 2 aromatic carbocycles. The van der Waals surface area contributed by atoms with Crippen LogP contribution in [-0.2, 0) is 5.41 Å². The Hall–Kier alpha value is -3.24. The van der Waals surface area contributed by atoms with Gasteiger partial charge < -0.3 is 14.8 Å². The van der Waals surface area contributed by atoms with Crippen molar-refractivity contribution in [3.63, 3.8) is 0 Å². The highest BCUT2D eigenvalue weighted by Crippen LogP contribution is 2.35. The first-order chi connectivity index (χ1) is 14.8. The molecule has 31 heavy (non-hydrogen) atoms. The molecule has 160 valence electrons. The fourth-order valence-corrected chi connectivity index (χ4v) is 3.46. The second-order valence-corrected chi connectivity index (χ2v) is 8.69. The molecule has 0 saturated heterocycles. The van der Waals surface area contributed by atoms with Crippen molar-refractivity contribution >= 4 is 23.3 Å². The van der Waals surface area contributed by atoms with Crippen molar-refractivity contribution < 1.29 is 9.47 Å². The standard InChI is InChI=1S/C24H26N4O2S/c1-24(2,3)16-9-7-15(8-10-16)21-18(14-25)22(28-23(27-21)31-6)26-19-12-11-17(29-4)13-20(19)30-5/h7-13H,1-6H3,(H,26,27,28). The summed E-state index contributed by atoms with van der Waals surface area (Å²) in [6.07, 6.45) is 1.91. The summed E-state index contributed by atoms with van der Waals surface area (Å²) in [5, 5.41) is 13.8. The number of anilines is 2. The Balaban J connectivity index is 2.10. The average Bonchev–Trinajstić information content (AvgIpc) is 2.78. The number of thioether (sulfide) groups is 1. The van der Waals surface area contributed by atoms with E-state index in [4.69, 9.17) is 9.47 Å². The maximum atomic E-state index is 9.97. The molecule has 0 saturated carbocycles. The molecule has 0 amide bonds. The van der Waals surface area contributed by atoms with Crippen LogP contribution in [0, 0.1) is 11.3 Å². The molecule has 1 heterocycles. The lowest BCUT2D eigenvalue weighted by molar-refractivity contribution is 0.395. The van der Waals surface area contributed by atoms with Gasteiger partial charge in [-0.2, -0.15) is 5.26 Å². The van der Waals surface area contributed by atoms with E-state index < -0.39 is 0 Å². The Kier molecular flexibility index (Phi) is 6.71. The first-order valence-electron chi connectivity index (χ1n) is 9.76. The van der Waals surface area contributed by atoms with Crippen LogP contribution in [0.4, 0.5) is 11.5 Å². The second kappa shape index (κ2) is 9.27. The maximum absolute atomic E-state index is 9.97. The summed E-state index contributed by atoms with van der Waals surface area (Å²) in [6.45, 7) is 6.51. The minimum atomic E-state index is 0.0460. The fraction of sp³-hybridized carbons (Fsp3) is 0.292. The van der Waals surface area contributed by atoms with Crippen LogP contribution in [-0.4, -0.2) is 30.4 Å². The third-order valence-electron chi connectivity index (χ3n) is 4.87. The molecule has 0 unspecified atom stereocenters. The van der Waals surface area contributed by atoms with Gasteiger partial charge in [-0.1, -0.05) is 56.8 Å². The number of nitriles is 1. The lowest BCUT2D eigenvalue weighted by Gasteiger charge is -2.19. The highest BCUT2D eigenvalue weighted by atomic mass is 32.2. The van der Waals surface area contributed by atoms with Crippen molar-refractivity contribution in [3.8, 4) is 28.8 Å². The molecule has 0 atom stereocenters. The van der Waals surface area contributed by atoms with Gasteiger partial charge in [0.2, 0.25) is 0 Å². The zero-order valence-electron chi connectivity index (χ0n) is 18.6. The van der Waals surface area contributed by atoms with Crippen molar-refractivity contribution in [2.45, 2.75) is 31.3 Å². The van der Waals surface area contributed by atoms with E-state index >= 15 is 0 Å². The number of nitrogens with zero attached hydrogens (tertiary/aromatic N) is 3. The zero-order valence-corrected chi connectivity index (χ0v) is 19.4. The molecule has 1 aromatic heterocycles. The number of methoxy groups -OCH3 is 2. The van der Waals surface area contributed by atoms with Gasteiger partial charge in [0.1, 0.15) is 23.1 Å². The summed E-state index contributed by atoms with van der Waals surface area (Å²) in [5.41, 5.74) is 3.78. The van der Waals surface area contributed by atoms with Gasteiger partial charge in [0.15, 0.2) is 11.0 Å². The number of ether oxygens (including phenoxy) is 2. The molecule has 0 spiro atoms. The molecule has 0 aliphatic rings. The van der Waals surface area contributed by atoms with Gasteiger partial charge >= 0.3 is 0 Å². The lowest BCUT2D eigenvalue weighted by Crippen LogP contribution is -2.10. The zero-order chi connectivity index (χ0) is 22.6. The van der Waals surface area contributed by atoms with E-state index in [1.165, 1.54) is 17.3 Å². The normalized spacial score (nSPS) is 11.0. The number of benzene rings is 2. The Morgan fingerprint density at radius 3 is 2.26 bits per heavy atom. The van der Waals surface area contributed by atoms with E-state index in [1.807, 2.05) is 30.5 Å². The van der Waals surface area contributed by atoms with Crippen LogP contribution in [0.15, 0.2) is 47.6 Å². The van der Waals surface area contributed by atoms with Crippen molar-refractivity contribution in [2.24, 2.45) is 0 Å². The number of rotatable bonds is 6. The SMILES string of the molecule is COc1ccc(Nc2nc(SC)nc(-c3ccc(C(C)(C)C)cc3)c2C#N)c(OC)c1. The number of hydrogen-bond donors (Lipinski definition) is 1. The number of hydrogen-bond acceptors (Lipinski definition) is 7. The maximum Gasteiger partial charge on any atom is 0.189 e. The van der Waals surface area contributed by atoms with Gasteiger partial charge in [-0.15, -0.1) is 0 Å². The summed E-state index contributed by atoms with van der Waals surface area (Å²) in [7, 11) is 3.18. The average molecular weight is 435 g/mol. The van der Waals surface area contributed by atoms with Crippen molar-refractivity contribution in [3.05, 3.63) is 53.6 Å². The van der Waals surface area contributed by atoms with Crippen molar-refractivity contribution in [1.29, 1.82) is 5.26 Å². The van der Waals surface area contributed by atoms with Crippen molar-refractivity contribution in [1.82, 2.24) is 9.97 Å². The van der Waals surface area contributed by atoms with Crippen LogP contribution in [0.25, 0.3) is 11.3 Å². The summed E-state index contributed by atoms with van der Waals surface area (Å²) < 4.78 is 10.7. The summed E-state index contributed by atoms with van der Waals surface area (Å²) >= 11 is 1.42. The molecule has 0 radical (unpaired) electrons.